The summed E-state index contributed by atoms with van der Waals surface area (Å²) in [5, 5.41) is 18.7. The Labute approximate surface area is 90.3 Å². The van der Waals surface area contributed by atoms with Crippen LogP contribution in [-0.2, 0) is 5.60 Å². The van der Waals surface area contributed by atoms with Crippen LogP contribution in [0.3, 0.4) is 0 Å². The second-order valence-corrected chi connectivity index (χ2v) is 3.45. The lowest BCUT2D eigenvalue weighted by atomic mass is 9.89. The summed E-state index contributed by atoms with van der Waals surface area (Å²) in [7, 11) is 0. The van der Waals surface area contributed by atoms with E-state index in [9.17, 15) is 18.3 Å². The number of phenolic OH excluding ortho intramolecular Hbond substituents is 1. The van der Waals surface area contributed by atoms with Gasteiger partial charge in [0.25, 0.3) is 0 Å². The Morgan fingerprint density at radius 2 is 1.88 bits per heavy atom. The second-order valence-electron chi connectivity index (χ2n) is 3.45. The zero-order valence-electron chi connectivity index (χ0n) is 8.33. The van der Waals surface area contributed by atoms with Gasteiger partial charge in [0.1, 0.15) is 5.75 Å². The molecule has 0 aromatic heterocycles. The summed E-state index contributed by atoms with van der Waals surface area (Å²) >= 11 is 0. The number of benzene rings is 1. The van der Waals surface area contributed by atoms with Crippen LogP contribution in [0.4, 0.5) is 13.2 Å². The molecule has 16 heavy (non-hydrogen) atoms. The standard InChI is InChI=1S/C10H12F3NO2/c11-10(12,13)9(16,4-5-14)7-2-1-3-8(15)6-7/h1-3,6,15-16H,4-5,14H2. The maximum Gasteiger partial charge on any atom is 0.421 e. The van der Waals surface area contributed by atoms with Crippen molar-refractivity contribution in [1.29, 1.82) is 0 Å². The molecule has 1 aromatic carbocycles. The van der Waals surface area contributed by atoms with E-state index >= 15 is 0 Å². The molecule has 0 bridgehead atoms. The largest absolute Gasteiger partial charge is 0.508 e. The number of hydrogen-bond acceptors (Lipinski definition) is 3. The fourth-order valence-electron chi connectivity index (χ4n) is 1.42. The molecule has 1 unspecified atom stereocenters. The lowest BCUT2D eigenvalue weighted by Gasteiger charge is -2.30. The fraction of sp³-hybridized carbons (Fsp3) is 0.400. The van der Waals surface area contributed by atoms with Crippen molar-refractivity contribution < 1.29 is 23.4 Å². The van der Waals surface area contributed by atoms with Gasteiger partial charge < -0.3 is 15.9 Å². The highest BCUT2D eigenvalue weighted by Crippen LogP contribution is 2.41. The third-order valence-electron chi connectivity index (χ3n) is 2.30. The predicted octanol–water partition coefficient (Wildman–Crippen LogP) is 1.49. The Bertz CT molecular complexity index is 367. The first-order valence-corrected chi connectivity index (χ1v) is 4.60. The third-order valence-corrected chi connectivity index (χ3v) is 2.30. The molecule has 0 heterocycles. The fourth-order valence-corrected chi connectivity index (χ4v) is 1.42. The summed E-state index contributed by atoms with van der Waals surface area (Å²) in [6.07, 6.45) is -5.49. The molecule has 6 heteroatoms. The Morgan fingerprint density at radius 1 is 1.25 bits per heavy atom. The molecule has 0 saturated heterocycles. The quantitative estimate of drug-likeness (QED) is 0.743. The molecule has 0 fully saturated rings. The van der Waals surface area contributed by atoms with Crippen molar-refractivity contribution >= 4 is 0 Å². The van der Waals surface area contributed by atoms with Crippen molar-refractivity contribution in [2.75, 3.05) is 6.54 Å². The number of nitrogens with two attached hydrogens (primary N) is 1. The summed E-state index contributed by atoms with van der Waals surface area (Å²) in [5.41, 5.74) is 1.64. The van der Waals surface area contributed by atoms with Crippen LogP contribution in [0.5, 0.6) is 5.75 Å². The molecule has 0 radical (unpaired) electrons. The van der Waals surface area contributed by atoms with E-state index in [1.165, 1.54) is 12.1 Å². The molecular formula is C10H12F3NO2. The van der Waals surface area contributed by atoms with Gasteiger partial charge in [0.2, 0.25) is 0 Å². The highest BCUT2D eigenvalue weighted by molar-refractivity contribution is 5.32. The smallest absolute Gasteiger partial charge is 0.421 e. The lowest BCUT2D eigenvalue weighted by Crippen LogP contribution is -2.43. The van der Waals surface area contributed by atoms with Crippen LogP contribution >= 0.6 is 0 Å². The van der Waals surface area contributed by atoms with E-state index in [-0.39, 0.29) is 12.3 Å². The SMILES string of the molecule is NCCC(O)(c1cccc(O)c1)C(F)(F)F. The summed E-state index contributed by atoms with van der Waals surface area (Å²) in [6, 6.07) is 4.44. The summed E-state index contributed by atoms with van der Waals surface area (Å²) < 4.78 is 38.2. The van der Waals surface area contributed by atoms with Crippen LogP contribution in [0, 0.1) is 0 Å². The molecule has 0 spiro atoms. The minimum atomic E-state index is -4.83. The predicted molar refractivity (Wildman–Crippen MR) is 51.7 cm³/mol. The summed E-state index contributed by atoms with van der Waals surface area (Å²) in [4.78, 5) is 0. The first-order valence-electron chi connectivity index (χ1n) is 4.60. The Kier molecular flexibility index (Phi) is 3.44. The molecule has 90 valence electrons. The van der Waals surface area contributed by atoms with E-state index in [2.05, 4.69) is 0 Å². The Balaban J connectivity index is 3.21. The molecule has 0 aliphatic heterocycles. The van der Waals surface area contributed by atoms with Gasteiger partial charge in [-0.1, -0.05) is 12.1 Å². The summed E-state index contributed by atoms with van der Waals surface area (Å²) in [5.74, 6) is -0.336. The van der Waals surface area contributed by atoms with Crippen molar-refractivity contribution in [2.45, 2.75) is 18.2 Å². The van der Waals surface area contributed by atoms with Crippen molar-refractivity contribution in [3.05, 3.63) is 29.8 Å². The van der Waals surface area contributed by atoms with Gasteiger partial charge in [-0.25, -0.2) is 0 Å². The van der Waals surface area contributed by atoms with Gasteiger partial charge in [-0.3, -0.25) is 0 Å². The molecule has 3 nitrogen and oxygen atoms in total. The van der Waals surface area contributed by atoms with Crippen molar-refractivity contribution in [1.82, 2.24) is 0 Å². The van der Waals surface area contributed by atoms with Gasteiger partial charge in [0.15, 0.2) is 5.60 Å². The normalized spacial score (nSPS) is 15.8. The number of alkyl halides is 3. The molecular weight excluding hydrogens is 223 g/mol. The molecule has 0 aliphatic rings. The molecule has 4 N–H and O–H groups in total. The highest BCUT2D eigenvalue weighted by atomic mass is 19.4. The van der Waals surface area contributed by atoms with Gasteiger partial charge in [-0.05, 0) is 24.2 Å². The molecule has 1 rings (SSSR count). The van der Waals surface area contributed by atoms with Crippen LogP contribution in [0.15, 0.2) is 24.3 Å². The number of hydrogen-bond donors (Lipinski definition) is 3. The Morgan fingerprint density at radius 3 is 2.31 bits per heavy atom. The highest BCUT2D eigenvalue weighted by Gasteiger charge is 2.54. The van der Waals surface area contributed by atoms with E-state index in [1.807, 2.05) is 0 Å². The van der Waals surface area contributed by atoms with Gasteiger partial charge in [-0.15, -0.1) is 0 Å². The van der Waals surface area contributed by atoms with Gasteiger partial charge in [0.05, 0.1) is 0 Å². The zero-order chi connectivity index (χ0) is 12.4. The average Bonchev–Trinajstić information content (AvgIpc) is 2.16. The number of rotatable bonds is 3. The maximum atomic E-state index is 12.7. The van der Waals surface area contributed by atoms with Gasteiger partial charge >= 0.3 is 6.18 Å². The summed E-state index contributed by atoms with van der Waals surface area (Å²) in [6.45, 7) is -0.314. The maximum absolute atomic E-state index is 12.7. The van der Waals surface area contributed by atoms with Gasteiger partial charge in [-0.2, -0.15) is 13.2 Å². The van der Waals surface area contributed by atoms with E-state index in [0.29, 0.717) is 0 Å². The zero-order valence-corrected chi connectivity index (χ0v) is 8.33. The Hall–Kier alpha value is -1.27. The van der Waals surface area contributed by atoms with Crippen molar-refractivity contribution in [3.63, 3.8) is 0 Å². The van der Waals surface area contributed by atoms with Crippen LogP contribution < -0.4 is 5.73 Å². The second kappa shape index (κ2) is 4.31. The molecule has 0 saturated carbocycles. The van der Waals surface area contributed by atoms with Crippen LogP contribution in [-0.4, -0.2) is 22.9 Å². The van der Waals surface area contributed by atoms with Crippen molar-refractivity contribution in [2.24, 2.45) is 5.73 Å². The van der Waals surface area contributed by atoms with Gasteiger partial charge in [0, 0.05) is 6.42 Å². The minimum Gasteiger partial charge on any atom is -0.508 e. The first-order chi connectivity index (χ1) is 7.31. The number of phenols is 1. The average molecular weight is 235 g/mol. The lowest BCUT2D eigenvalue weighted by molar-refractivity contribution is -0.268. The van der Waals surface area contributed by atoms with Crippen LogP contribution in [0.2, 0.25) is 0 Å². The minimum absolute atomic E-state index is 0.314. The number of halogens is 3. The number of aliphatic hydroxyl groups is 1. The molecule has 0 aliphatic carbocycles. The topological polar surface area (TPSA) is 66.5 Å². The van der Waals surface area contributed by atoms with E-state index < -0.39 is 23.8 Å². The number of aromatic hydroxyl groups is 1. The van der Waals surface area contributed by atoms with Crippen LogP contribution in [0.1, 0.15) is 12.0 Å². The van der Waals surface area contributed by atoms with E-state index in [0.717, 1.165) is 12.1 Å². The van der Waals surface area contributed by atoms with E-state index in [1.54, 1.807) is 0 Å². The van der Waals surface area contributed by atoms with E-state index in [4.69, 9.17) is 10.8 Å². The first kappa shape index (κ1) is 12.8. The van der Waals surface area contributed by atoms with Crippen LogP contribution in [0.25, 0.3) is 0 Å². The molecule has 1 atom stereocenters. The molecule has 1 aromatic rings. The monoisotopic (exact) mass is 235 g/mol. The molecule has 0 amide bonds. The third kappa shape index (κ3) is 2.28. The van der Waals surface area contributed by atoms with Crippen molar-refractivity contribution in [3.8, 4) is 5.75 Å².